The maximum atomic E-state index is 5.85. The van der Waals surface area contributed by atoms with Crippen LogP contribution in [0.4, 0.5) is 0 Å². The summed E-state index contributed by atoms with van der Waals surface area (Å²) in [6.07, 6.45) is 0.799. The largest absolute Gasteiger partial charge is 0.299 e. The van der Waals surface area contributed by atoms with Crippen LogP contribution < -0.4 is 11.5 Å². The van der Waals surface area contributed by atoms with E-state index >= 15 is 0 Å². The van der Waals surface area contributed by atoms with Crippen LogP contribution in [0, 0.1) is 0 Å². The zero-order chi connectivity index (χ0) is 8.41. The van der Waals surface area contributed by atoms with E-state index < -0.39 is 5.79 Å². The third kappa shape index (κ3) is 1.68. The molecule has 0 aromatic rings. The maximum Gasteiger partial charge on any atom is 0.204 e. The fourth-order valence-corrected chi connectivity index (χ4v) is 0.722. The van der Waals surface area contributed by atoms with Crippen LogP contribution in [-0.2, 0) is 0 Å². The molecule has 0 atom stereocenters. The predicted octanol–water partition coefficient (Wildman–Crippen LogP) is 0.0639. The molecule has 0 spiro atoms. The molecule has 0 amide bonds. The van der Waals surface area contributed by atoms with Crippen LogP contribution in [0.3, 0.4) is 0 Å². The Kier molecular flexibility index (Phi) is 2.83. The van der Waals surface area contributed by atoms with Crippen LogP contribution >= 0.6 is 0 Å². The first-order valence-electron chi connectivity index (χ1n) is 3.78. The van der Waals surface area contributed by atoms with Gasteiger partial charge in [0.2, 0.25) is 5.79 Å². The summed E-state index contributed by atoms with van der Waals surface area (Å²) in [4.78, 5) is 0. The molecule has 10 heavy (non-hydrogen) atoms. The van der Waals surface area contributed by atoms with E-state index in [0.29, 0.717) is 4.48 Å². The smallest absolute Gasteiger partial charge is 0.204 e. The van der Waals surface area contributed by atoms with Gasteiger partial charge in [-0.3, -0.25) is 16.0 Å². The van der Waals surface area contributed by atoms with Crippen molar-refractivity contribution in [3.05, 3.63) is 0 Å². The van der Waals surface area contributed by atoms with Crippen molar-refractivity contribution in [3.63, 3.8) is 0 Å². The summed E-state index contributed by atoms with van der Waals surface area (Å²) in [5.74, 6) is -0.575. The lowest BCUT2D eigenvalue weighted by atomic mass is 10.2. The summed E-state index contributed by atoms with van der Waals surface area (Å²) in [5, 5.41) is 0. The van der Waals surface area contributed by atoms with Crippen molar-refractivity contribution < 1.29 is 4.48 Å². The zero-order valence-electron chi connectivity index (χ0n) is 7.52. The van der Waals surface area contributed by atoms with Crippen LogP contribution in [0.15, 0.2) is 0 Å². The van der Waals surface area contributed by atoms with Gasteiger partial charge in [-0.05, 0) is 6.92 Å². The monoisotopic (exact) mass is 146 g/mol. The summed E-state index contributed by atoms with van der Waals surface area (Å²) in [7, 11) is 4.09. The minimum Gasteiger partial charge on any atom is -0.299 e. The van der Waals surface area contributed by atoms with Gasteiger partial charge in [0.05, 0.1) is 20.6 Å². The average molecular weight is 146 g/mol. The highest BCUT2D eigenvalue weighted by Crippen LogP contribution is 2.11. The number of nitrogens with two attached hydrogens (primary N) is 2. The van der Waals surface area contributed by atoms with E-state index in [9.17, 15) is 0 Å². The Morgan fingerprint density at radius 1 is 1.20 bits per heavy atom. The van der Waals surface area contributed by atoms with Crippen LogP contribution in [-0.4, -0.2) is 30.9 Å². The normalized spacial score (nSPS) is 13.8. The second-order valence-electron chi connectivity index (χ2n) is 3.35. The Labute approximate surface area is 63.6 Å². The summed E-state index contributed by atoms with van der Waals surface area (Å²) < 4.78 is 0.670. The molecule has 0 radical (unpaired) electrons. The SMILES string of the molecule is CCC(N)(N)[N+](C)(C)CC. The number of quaternary nitrogens is 1. The molecule has 0 rings (SSSR count). The van der Waals surface area contributed by atoms with Crippen molar-refractivity contribution in [2.75, 3.05) is 20.6 Å². The van der Waals surface area contributed by atoms with E-state index in [2.05, 4.69) is 6.92 Å². The topological polar surface area (TPSA) is 52.0 Å². The molecule has 0 fully saturated rings. The van der Waals surface area contributed by atoms with Gasteiger partial charge in [-0.1, -0.05) is 6.92 Å². The molecule has 0 bridgehead atoms. The molecule has 0 saturated heterocycles. The lowest BCUT2D eigenvalue weighted by molar-refractivity contribution is -0.940. The molecule has 4 N–H and O–H groups in total. The summed E-state index contributed by atoms with van der Waals surface area (Å²) in [6.45, 7) is 5.06. The van der Waals surface area contributed by atoms with E-state index in [-0.39, 0.29) is 0 Å². The highest BCUT2D eigenvalue weighted by molar-refractivity contribution is 4.60. The molecule has 0 aliphatic carbocycles. The second-order valence-corrected chi connectivity index (χ2v) is 3.35. The molecule has 3 nitrogen and oxygen atoms in total. The van der Waals surface area contributed by atoms with E-state index in [0.717, 1.165) is 13.0 Å². The highest BCUT2D eigenvalue weighted by atomic mass is 15.5. The molecular formula is C7H20N3+. The van der Waals surface area contributed by atoms with Crippen LogP contribution in [0.2, 0.25) is 0 Å². The highest BCUT2D eigenvalue weighted by Gasteiger charge is 2.34. The predicted molar refractivity (Wildman–Crippen MR) is 44.0 cm³/mol. The van der Waals surface area contributed by atoms with Crippen LogP contribution in [0.5, 0.6) is 0 Å². The van der Waals surface area contributed by atoms with Gasteiger partial charge >= 0.3 is 0 Å². The van der Waals surface area contributed by atoms with Crippen LogP contribution in [0.1, 0.15) is 20.3 Å². The third-order valence-electron chi connectivity index (χ3n) is 2.48. The Bertz CT molecular complexity index is 93.4. The number of rotatable bonds is 3. The minimum absolute atomic E-state index is 0.575. The fourth-order valence-electron chi connectivity index (χ4n) is 0.722. The third-order valence-corrected chi connectivity index (χ3v) is 2.48. The number of hydrogen-bond donors (Lipinski definition) is 2. The van der Waals surface area contributed by atoms with Crippen molar-refractivity contribution >= 4 is 0 Å². The van der Waals surface area contributed by atoms with Crippen molar-refractivity contribution in [3.8, 4) is 0 Å². The Morgan fingerprint density at radius 2 is 1.60 bits per heavy atom. The first-order chi connectivity index (χ1) is 4.37. The molecule has 0 aromatic heterocycles. The standard InChI is InChI=1S/C7H20N3/c1-5-7(8,9)10(3,4)6-2/h5-6,8-9H2,1-4H3/q+1. The van der Waals surface area contributed by atoms with Crippen LogP contribution in [0.25, 0.3) is 0 Å². The molecule has 0 aliphatic heterocycles. The van der Waals surface area contributed by atoms with E-state index in [1.165, 1.54) is 0 Å². The van der Waals surface area contributed by atoms with Gasteiger partial charge in [0, 0.05) is 6.42 Å². The van der Waals surface area contributed by atoms with E-state index in [4.69, 9.17) is 11.5 Å². The van der Waals surface area contributed by atoms with Crippen molar-refractivity contribution in [1.29, 1.82) is 0 Å². The van der Waals surface area contributed by atoms with Gasteiger partial charge in [0.1, 0.15) is 0 Å². The molecule has 0 unspecified atom stereocenters. The zero-order valence-corrected chi connectivity index (χ0v) is 7.52. The molecule has 0 saturated carbocycles. The molecule has 62 valence electrons. The first kappa shape index (κ1) is 9.88. The van der Waals surface area contributed by atoms with Gasteiger partial charge in [-0.15, -0.1) is 0 Å². The summed E-state index contributed by atoms with van der Waals surface area (Å²) in [6, 6.07) is 0. The van der Waals surface area contributed by atoms with Gasteiger partial charge in [-0.2, -0.15) is 0 Å². The lowest BCUT2D eigenvalue weighted by Crippen LogP contribution is -2.70. The molecule has 3 heteroatoms. The molecular weight excluding hydrogens is 126 g/mol. The number of hydrogen-bond acceptors (Lipinski definition) is 2. The Hall–Kier alpha value is -0.120. The van der Waals surface area contributed by atoms with Gasteiger partial charge < -0.3 is 0 Å². The number of nitrogens with zero attached hydrogens (tertiary/aromatic N) is 1. The molecule has 0 heterocycles. The van der Waals surface area contributed by atoms with E-state index in [1.807, 2.05) is 21.0 Å². The van der Waals surface area contributed by atoms with Gasteiger partial charge in [0.25, 0.3) is 0 Å². The average Bonchev–Trinajstić information content (AvgIpc) is 1.88. The minimum atomic E-state index is -0.575. The first-order valence-corrected chi connectivity index (χ1v) is 3.78. The van der Waals surface area contributed by atoms with Gasteiger partial charge in [-0.25, -0.2) is 0 Å². The van der Waals surface area contributed by atoms with Crippen molar-refractivity contribution in [2.24, 2.45) is 11.5 Å². The summed E-state index contributed by atoms with van der Waals surface area (Å²) >= 11 is 0. The Morgan fingerprint density at radius 3 is 1.70 bits per heavy atom. The quantitative estimate of drug-likeness (QED) is 0.437. The second kappa shape index (κ2) is 2.86. The molecule has 0 aromatic carbocycles. The van der Waals surface area contributed by atoms with Crippen molar-refractivity contribution in [1.82, 2.24) is 0 Å². The fraction of sp³-hybridized carbons (Fsp3) is 1.00. The maximum absolute atomic E-state index is 5.85. The summed E-state index contributed by atoms with van der Waals surface area (Å²) in [5.41, 5.74) is 11.7. The molecule has 0 aliphatic rings. The van der Waals surface area contributed by atoms with Gasteiger partial charge in [0.15, 0.2) is 0 Å². The lowest BCUT2D eigenvalue weighted by Gasteiger charge is -2.42. The Balaban J connectivity index is 4.28. The van der Waals surface area contributed by atoms with E-state index in [1.54, 1.807) is 0 Å². The van der Waals surface area contributed by atoms with Crippen molar-refractivity contribution in [2.45, 2.75) is 26.1 Å².